The number of rotatable bonds is 4. The van der Waals surface area contributed by atoms with E-state index < -0.39 is 0 Å². The predicted molar refractivity (Wildman–Crippen MR) is 89.7 cm³/mol. The molecule has 1 aliphatic rings. The van der Waals surface area contributed by atoms with Crippen molar-refractivity contribution in [2.45, 2.75) is 45.2 Å². The Kier molecular flexibility index (Phi) is 4.39. The van der Waals surface area contributed by atoms with E-state index in [0.29, 0.717) is 23.8 Å². The lowest BCUT2D eigenvalue weighted by Gasteiger charge is -2.33. The van der Waals surface area contributed by atoms with Gasteiger partial charge in [-0.25, -0.2) is 9.78 Å². The lowest BCUT2D eigenvalue weighted by Crippen LogP contribution is -2.42. The minimum atomic E-state index is -0.284. The van der Waals surface area contributed by atoms with Crippen molar-refractivity contribution in [2.75, 3.05) is 13.1 Å². The van der Waals surface area contributed by atoms with Gasteiger partial charge in [-0.3, -0.25) is 13.9 Å². The Morgan fingerprint density at radius 2 is 2.00 bits per heavy atom. The van der Waals surface area contributed by atoms with Gasteiger partial charge < -0.3 is 9.47 Å². The van der Waals surface area contributed by atoms with Crippen LogP contribution >= 0.6 is 0 Å². The fourth-order valence-electron chi connectivity index (χ4n) is 3.52. The summed E-state index contributed by atoms with van der Waals surface area (Å²) in [4.78, 5) is 31.6. The Bertz CT molecular complexity index is 816. The number of hydrogen-bond donors (Lipinski definition) is 0. The van der Waals surface area contributed by atoms with Crippen molar-refractivity contribution in [2.24, 2.45) is 14.1 Å². The van der Waals surface area contributed by atoms with Crippen LogP contribution in [0.25, 0.3) is 11.2 Å². The average molecular weight is 319 g/mol. The molecular formula is C16H25N5O2. The van der Waals surface area contributed by atoms with E-state index in [1.54, 1.807) is 25.0 Å². The van der Waals surface area contributed by atoms with Crippen molar-refractivity contribution < 1.29 is 0 Å². The first-order valence-electron chi connectivity index (χ1n) is 8.35. The summed E-state index contributed by atoms with van der Waals surface area (Å²) in [5, 5.41) is 0. The molecule has 1 unspecified atom stereocenters. The third kappa shape index (κ3) is 2.85. The Labute approximate surface area is 135 Å². The van der Waals surface area contributed by atoms with Gasteiger partial charge in [-0.05, 0) is 32.7 Å². The van der Waals surface area contributed by atoms with Crippen molar-refractivity contribution >= 4 is 11.2 Å². The highest BCUT2D eigenvalue weighted by atomic mass is 16.2. The first-order valence-corrected chi connectivity index (χ1v) is 8.35. The summed E-state index contributed by atoms with van der Waals surface area (Å²) in [6, 6.07) is 0.600. The van der Waals surface area contributed by atoms with Gasteiger partial charge in [0.05, 0.1) is 6.33 Å². The van der Waals surface area contributed by atoms with Crippen LogP contribution in [0.15, 0.2) is 15.9 Å². The minimum Gasteiger partial charge on any atom is -0.328 e. The van der Waals surface area contributed by atoms with Gasteiger partial charge in [0.1, 0.15) is 0 Å². The van der Waals surface area contributed by atoms with Gasteiger partial charge in [0, 0.05) is 33.2 Å². The van der Waals surface area contributed by atoms with Crippen LogP contribution in [0.1, 0.15) is 32.6 Å². The summed E-state index contributed by atoms with van der Waals surface area (Å²) >= 11 is 0. The van der Waals surface area contributed by atoms with Crippen LogP contribution in [0.4, 0.5) is 0 Å². The number of imidazole rings is 1. The maximum Gasteiger partial charge on any atom is 0.332 e. The van der Waals surface area contributed by atoms with E-state index in [2.05, 4.69) is 16.8 Å². The summed E-state index contributed by atoms with van der Waals surface area (Å²) in [6.07, 6.45) is 6.17. The van der Waals surface area contributed by atoms with Crippen molar-refractivity contribution in [1.82, 2.24) is 23.6 Å². The molecule has 0 bridgehead atoms. The Balaban J connectivity index is 1.81. The van der Waals surface area contributed by atoms with Crippen molar-refractivity contribution in [1.29, 1.82) is 0 Å². The molecule has 2 aromatic rings. The van der Waals surface area contributed by atoms with E-state index in [-0.39, 0.29) is 11.2 Å². The quantitative estimate of drug-likeness (QED) is 0.832. The molecular weight excluding hydrogens is 294 g/mol. The van der Waals surface area contributed by atoms with Gasteiger partial charge in [-0.1, -0.05) is 6.42 Å². The molecule has 1 saturated heterocycles. The van der Waals surface area contributed by atoms with Crippen LogP contribution < -0.4 is 11.2 Å². The minimum absolute atomic E-state index is 0.241. The fourth-order valence-corrected chi connectivity index (χ4v) is 3.52. The third-order valence-electron chi connectivity index (χ3n) is 4.97. The van der Waals surface area contributed by atoms with Crippen LogP contribution in [0, 0.1) is 0 Å². The van der Waals surface area contributed by atoms with Crippen LogP contribution in [0.2, 0.25) is 0 Å². The Morgan fingerprint density at radius 1 is 1.22 bits per heavy atom. The molecule has 0 spiro atoms. The van der Waals surface area contributed by atoms with Crippen molar-refractivity contribution in [3.05, 3.63) is 27.2 Å². The molecule has 3 rings (SSSR count). The SMILES string of the molecule is CC1CCCCN1CCCn1c(=O)c2c(ncn2C)n(C)c1=O. The van der Waals surface area contributed by atoms with Crippen LogP contribution in [-0.4, -0.2) is 42.7 Å². The second kappa shape index (κ2) is 6.31. The molecule has 0 aromatic carbocycles. The number of nitrogens with zero attached hydrogens (tertiary/aromatic N) is 5. The molecule has 1 aliphatic heterocycles. The van der Waals surface area contributed by atoms with Gasteiger partial charge in [-0.2, -0.15) is 0 Å². The van der Waals surface area contributed by atoms with Crippen LogP contribution in [-0.2, 0) is 20.6 Å². The highest BCUT2D eigenvalue weighted by molar-refractivity contribution is 5.69. The van der Waals surface area contributed by atoms with Gasteiger partial charge in [0.15, 0.2) is 11.2 Å². The zero-order valence-electron chi connectivity index (χ0n) is 14.2. The van der Waals surface area contributed by atoms with Crippen molar-refractivity contribution in [3.8, 4) is 0 Å². The van der Waals surface area contributed by atoms with Gasteiger partial charge in [-0.15, -0.1) is 0 Å². The summed E-state index contributed by atoms with van der Waals surface area (Å²) in [7, 11) is 3.45. The fraction of sp³-hybridized carbons (Fsp3) is 0.688. The van der Waals surface area contributed by atoms with E-state index in [0.717, 1.165) is 19.5 Å². The summed E-state index contributed by atoms with van der Waals surface area (Å²) < 4.78 is 4.49. The maximum atomic E-state index is 12.6. The zero-order valence-corrected chi connectivity index (χ0v) is 14.2. The number of aromatic nitrogens is 4. The summed E-state index contributed by atoms with van der Waals surface area (Å²) in [5.41, 5.74) is 0.407. The molecule has 3 heterocycles. The highest BCUT2D eigenvalue weighted by Gasteiger charge is 2.18. The molecule has 0 radical (unpaired) electrons. The summed E-state index contributed by atoms with van der Waals surface area (Å²) in [6.45, 7) is 4.76. The number of fused-ring (bicyclic) bond motifs is 1. The van der Waals surface area contributed by atoms with E-state index in [4.69, 9.17) is 0 Å². The smallest absolute Gasteiger partial charge is 0.328 e. The first-order chi connectivity index (χ1) is 11.0. The standard InChI is InChI=1S/C16H25N5O2/c1-12-7-4-5-8-20(12)9-6-10-21-15(22)13-14(17-11-18(13)2)19(3)16(21)23/h11-12H,4-10H2,1-3H3. The molecule has 126 valence electrons. The predicted octanol–water partition coefficient (Wildman–Crippen LogP) is 0.698. The van der Waals surface area contributed by atoms with E-state index in [9.17, 15) is 9.59 Å². The topological polar surface area (TPSA) is 65.1 Å². The van der Waals surface area contributed by atoms with Crippen LogP contribution in [0.3, 0.4) is 0 Å². The van der Waals surface area contributed by atoms with Gasteiger partial charge in [0.2, 0.25) is 0 Å². The number of hydrogen-bond acceptors (Lipinski definition) is 4. The molecule has 0 saturated carbocycles. The average Bonchev–Trinajstić information content (AvgIpc) is 2.92. The maximum absolute atomic E-state index is 12.6. The molecule has 1 fully saturated rings. The van der Waals surface area contributed by atoms with E-state index >= 15 is 0 Å². The highest BCUT2D eigenvalue weighted by Crippen LogP contribution is 2.16. The second-order valence-electron chi connectivity index (χ2n) is 6.56. The molecule has 0 aliphatic carbocycles. The molecule has 0 amide bonds. The molecule has 0 N–H and O–H groups in total. The number of likely N-dealkylation sites (tertiary alicyclic amines) is 1. The Morgan fingerprint density at radius 3 is 2.74 bits per heavy atom. The molecule has 7 nitrogen and oxygen atoms in total. The van der Waals surface area contributed by atoms with Crippen molar-refractivity contribution in [3.63, 3.8) is 0 Å². The number of aryl methyl sites for hydroxylation is 2. The van der Waals surface area contributed by atoms with Gasteiger partial charge in [0.25, 0.3) is 5.56 Å². The van der Waals surface area contributed by atoms with Crippen LogP contribution in [0.5, 0.6) is 0 Å². The molecule has 1 atom stereocenters. The summed E-state index contributed by atoms with van der Waals surface area (Å²) in [5.74, 6) is 0. The Hall–Kier alpha value is -1.89. The zero-order chi connectivity index (χ0) is 16.6. The molecule has 7 heteroatoms. The van der Waals surface area contributed by atoms with Gasteiger partial charge >= 0.3 is 5.69 Å². The van der Waals surface area contributed by atoms with E-state index in [1.807, 2.05) is 0 Å². The molecule has 23 heavy (non-hydrogen) atoms. The lowest BCUT2D eigenvalue weighted by molar-refractivity contribution is 0.156. The van der Waals surface area contributed by atoms with E-state index in [1.165, 1.54) is 28.4 Å². The second-order valence-corrected chi connectivity index (χ2v) is 6.56. The normalized spacial score (nSPS) is 19.5. The number of piperidine rings is 1. The third-order valence-corrected chi connectivity index (χ3v) is 4.97. The largest absolute Gasteiger partial charge is 0.332 e. The monoisotopic (exact) mass is 319 g/mol. The lowest BCUT2D eigenvalue weighted by atomic mass is 10.0. The first kappa shape index (κ1) is 16.0. The molecule has 2 aromatic heterocycles.